The van der Waals surface area contributed by atoms with Crippen LogP contribution in [0, 0.1) is 11.8 Å². The number of benzene rings is 4. The van der Waals surface area contributed by atoms with Crippen LogP contribution in [0.25, 0.3) is 0 Å². The van der Waals surface area contributed by atoms with E-state index in [-0.39, 0.29) is 30.9 Å². The number of hydrogen-bond acceptors (Lipinski definition) is 8. The van der Waals surface area contributed by atoms with Gasteiger partial charge in [0.25, 0.3) is 0 Å². The first-order valence-electron chi connectivity index (χ1n) is 22.5. The minimum absolute atomic E-state index is 0.0454. The maximum atomic E-state index is 13.6. The summed E-state index contributed by atoms with van der Waals surface area (Å²) in [6.07, 6.45) is -0.520. The second-order valence-corrected chi connectivity index (χ2v) is 20.8. The minimum atomic E-state index is -1.04. The Hall–Kier alpha value is -4.76. The lowest BCUT2D eigenvalue weighted by atomic mass is 9.89. The lowest BCUT2D eigenvalue weighted by molar-refractivity contribution is -0.149. The van der Waals surface area contributed by atoms with Crippen molar-refractivity contribution in [3.8, 4) is 0 Å². The fourth-order valence-corrected chi connectivity index (χ4v) is 8.27. The summed E-state index contributed by atoms with van der Waals surface area (Å²) < 4.78 is 12.9. The van der Waals surface area contributed by atoms with Crippen molar-refractivity contribution in [2.45, 2.75) is 105 Å². The van der Waals surface area contributed by atoms with Crippen LogP contribution in [0.5, 0.6) is 0 Å². The monoisotopic (exact) mass is 1030 g/mol. The summed E-state index contributed by atoms with van der Waals surface area (Å²) in [6.45, 7) is 17.9. The fourth-order valence-electron chi connectivity index (χ4n) is 7.38. The lowest BCUT2D eigenvalue weighted by Crippen LogP contribution is -2.64. The number of amides is 4. The van der Waals surface area contributed by atoms with E-state index in [1.807, 2.05) is 132 Å². The molecule has 2 aliphatic heterocycles. The Labute approximate surface area is 408 Å². The van der Waals surface area contributed by atoms with Crippen LogP contribution >= 0.6 is 31.9 Å². The van der Waals surface area contributed by atoms with Gasteiger partial charge >= 0.3 is 12.2 Å². The van der Waals surface area contributed by atoms with Gasteiger partial charge in [0.1, 0.15) is 23.8 Å². The van der Waals surface area contributed by atoms with Crippen molar-refractivity contribution in [3.63, 3.8) is 0 Å². The summed E-state index contributed by atoms with van der Waals surface area (Å²) in [5.41, 5.74) is 3.18. The number of nitrogens with zero attached hydrogens (tertiary/aromatic N) is 4. The molecule has 14 heteroatoms. The van der Waals surface area contributed by atoms with Crippen molar-refractivity contribution in [2.24, 2.45) is 11.8 Å². The van der Waals surface area contributed by atoms with Crippen LogP contribution in [0.15, 0.2) is 118 Å². The normalized spacial score (nSPS) is 16.8. The Bertz CT molecular complexity index is 2160. The number of carbonyl (C=O) groups excluding carboxylic acids is 4. The quantitative estimate of drug-likeness (QED) is 0.152. The number of hydrogen-bond donors (Lipinski definition) is 2. The van der Waals surface area contributed by atoms with Crippen LogP contribution in [0.4, 0.5) is 9.59 Å². The molecule has 0 aromatic heterocycles. The van der Waals surface area contributed by atoms with Crippen molar-refractivity contribution >= 4 is 55.9 Å². The summed E-state index contributed by atoms with van der Waals surface area (Å²) in [5, 5.41) is 20.2. The molecule has 2 saturated heterocycles. The van der Waals surface area contributed by atoms with Gasteiger partial charge in [-0.05, 0) is 113 Å². The van der Waals surface area contributed by atoms with E-state index < -0.39 is 35.5 Å². The van der Waals surface area contributed by atoms with E-state index in [1.165, 1.54) is 15.4 Å². The van der Waals surface area contributed by atoms with Gasteiger partial charge in [-0.1, -0.05) is 131 Å². The third-order valence-corrected chi connectivity index (χ3v) is 11.7. The highest BCUT2D eigenvalue weighted by molar-refractivity contribution is 9.10. The van der Waals surface area contributed by atoms with E-state index in [0.717, 1.165) is 32.1 Å². The van der Waals surface area contributed by atoms with E-state index >= 15 is 0 Å². The largest absolute Gasteiger partial charge is 0.444 e. The summed E-state index contributed by atoms with van der Waals surface area (Å²) >= 11 is 6.89. The predicted octanol–water partition coefficient (Wildman–Crippen LogP) is 9.52. The molecule has 4 aromatic rings. The predicted molar refractivity (Wildman–Crippen MR) is 265 cm³/mol. The Kier molecular flexibility index (Phi) is 20.7. The van der Waals surface area contributed by atoms with Gasteiger partial charge < -0.3 is 29.5 Å². The fraction of sp³-hybridized carbons (Fsp3) is 0.462. The Morgan fingerprint density at radius 1 is 0.652 bits per heavy atom. The zero-order valence-electron chi connectivity index (χ0n) is 39.7. The topological polar surface area (TPSA) is 140 Å². The highest BCUT2D eigenvalue weighted by atomic mass is 79.9. The Morgan fingerprint density at radius 3 is 1.61 bits per heavy atom. The van der Waals surface area contributed by atoms with Crippen LogP contribution in [0.2, 0.25) is 0 Å². The van der Waals surface area contributed by atoms with Crippen LogP contribution < -0.4 is 0 Å². The Balaban J connectivity index is 0.000000244. The average Bonchev–Trinajstić information content (AvgIpc) is 3.24. The standard InChI is InChI=1S/C26H33BrN2O4.C16H22N2O3.C10H13BrO/c1-18(15-20-11-8-12-21(27)16-20)23(30)22-24(31)28(17-19-9-6-5-7-10-19)13-14-29(22)25(32)33-26(2,3)4;1-16(2,3)21-15(20)18-10-9-17(14(19)12-18)11-13-7-5-4-6-8-13;1-8(7-12)5-9-3-2-4-10(11)6-9/h5-12,16,18,22-23,30H,13-15,17H2,1-4H3;4-8H,9-12H2,1-3H3;2-4,6,8,12H,5,7H2,1H3/t18-,22-,23-;;8-/m0.0/s1. The summed E-state index contributed by atoms with van der Waals surface area (Å²) in [7, 11) is 0. The van der Waals surface area contributed by atoms with Crippen LogP contribution in [-0.4, -0.2) is 116 Å². The number of aliphatic hydroxyl groups excluding tert-OH is 2. The first-order chi connectivity index (χ1) is 31.1. The molecule has 4 atom stereocenters. The third-order valence-electron chi connectivity index (χ3n) is 10.7. The molecule has 2 aliphatic rings. The molecule has 0 bridgehead atoms. The molecule has 0 radical (unpaired) electrons. The molecule has 0 unspecified atom stereocenters. The first-order valence-corrected chi connectivity index (χ1v) is 24.1. The van der Waals surface area contributed by atoms with E-state index in [0.29, 0.717) is 51.6 Å². The number of rotatable bonds is 11. The number of piperazine rings is 2. The van der Waals surface area contributed by atoms with E-state index in [4.69, 9.17) is 14.6 Å². The van der Waals surface area contributed by atoms with E-state index in [1.54, 1.807) is 30.6 Å². The molecular formula is C52H68Br2N4O8. The molecule has 0 spiro atoms. The number of aliphatic hydroxyl groups is 2. The second-order valence-electron chi connectivity index (χ2n) is 19.0. The van der Waals surface area contributed by atoms with E-state index in [2.05, 4.69) is 44.0 Å². The van der Waals surface area contributed by atoms with Crippen molar-refractivity contribution in [1.82, 2.24) is 19.6 Å². The van der Waals surface area contributed by atoms with Gasteiger partial charge in [-0.2, -0.15) is 0 Å². The van der Waals surface area contributed by atoms with Crippen molar-refractivity contribution < 1.29 is 38.9 Å². The molecule has 12 nitrogen and oxygen atoms in total. The molecule has 4 amide bonds. The molecule has 358 valence electrons. The first kappa shape index (κ1) is 53.9. The third kappa shape index (κ3) is 18.1. The maximum Gasteiger partial charge on any atom is 0.411 e. The molecule has 66 heavy (non-hydrogen) atoms. The summed E-state index contributed by atoms with van der Waals surface area (Å²) in [6, 6.07) is 34.7. The minimum Gasteiger partial charge on any atom is -0.444 e. The summed E-state index contributed by atoms with van der Waals surface area (Å²) in [4.78, 5) is 57.0. The zero-order valence-corrected chi connectivity index (χ0v) is 42.8. The Morgan fingerprint density at radius 2 is 1.12 bits per heavy atom. The molecule has 2 fully saturated rings. The number of carbonyl (C=O) groups is 4. The maximum absolute atomic E-state index is 13.6. The molecule has 6 rings (SSSR count). The van der Waals surface area contributed by atoms with Crippen LogP contribution in [0.1, 0.15) is 77.6 Å². The van der Waals surface area contributed by atoms with Crippen molar-refractivity contribution in [3.05, 3.63) is 140 Å². The van der Waals surface area contributed by atoms with Gasteiger partial charge in [0.2, 0.25) is 11.8 Å². The van der Waals surface area contributed by atoms with Gasteiger partial charge in [0.15, 0.2) is 0 Å². The van der Waals surface area contributed by atoms with Gasteiger partial charge in [0.05, 0.1) is 6.10 Å². The second kappa shape index (κ2) is 25.4. The zero-order chi connectivity index (χ0) is 48.6. The smallest absolute Gasteiger partial charge is 0.411 e. The van der Waals surface area contributed by atoms with E-state index in [9.17, 15) is 24.3 Å². The number of ether oxygens (including phenoxy) is 2. The van der Waals surface area contributed by atoms with Crippen LogP contribution in [-0.2, 0) is 45.0 Å². The highest BCUT2D eigenvalue weighted by Crippen LogP contribution is 2.26. The van der Waals surface area contributed by atoms with Crippen molar-refractivity contribution in [1.29, 1.82) is 0 Å². The molecule has 0 aliphatic carbocycles. The van der Waals surface area contributed by atoms with Crippen molar-refractivity contribution in [2.75, 3.05) is 39.3 Å². The average molecular weight is 1040 g/mol. The van der Waals surface area contributed by atoms with Crippen LogP contribution in [0.3, 0.4) is 0 Å². The molecule has 2 heterocycles. The van der Waals surface area contributed by atoms with Gasteiger partial charge in [-0.3, -0.25) is 19.4 Å². The van der Waals surface area contributed by atoms with Gasteiger partial charge in [0, 0.05) is 54.8 Å². The number of halogens is 2. The molecule has 2 N–H and O–H groups in total. The molecule has 0 saturated carbocycles. The SMILES string of the molecule is CC(C)(C)OC(=O)N1CCN(Cc2ccccc2)C(=O)C1.C[C@@H](Cc1cccc(Br)c1)[C@H](O)[C@H]1C(=O)N(Cc2ccccc2)CCN1C(=O)OC(C)(C)C.C[C@H](CO)Cc1cccc(Br)c1. The highest BCUT2D eigenvalue weighted by Gasteiger charge is 2.45. The van der Waals surface area contributed by atoms with Gasteiger partial charge in [-0.25, -0.2) is 9.59 Å². The van der Waals surface area contributed by atoms with Gasteiger partial charge in [-0.15, -0.1) is 0 Å². The molecule has 4 aromatic carbocycles. The lowest BCUT2D eigenvalue weighted by Gasteiger charge is -2.43. The summed E-state index contributed by atoms with van der Waals surface area (Å²) in [5.74, 6) is -0.213. The molecular weight excluding hydrogens is 968 g/mol.